The maximum Gasteiger partial charge on any atom is 0.131 e. The average Bonchev–Trinajstić information content (AvgIpc) is 2.11. The molecule has 0 aromatic heterocycles. The molecule has 0 radical (unpaired) electrons. The van der Waals surface area contributed by atoms with E-state index >= 15 is 0 Å². The summed E-state index contributed by atoms with van der Waals surface area (Å²) in [6.45, 7) is 0. The van der Waals surface area contributed by atoms with Crippen LogP contribution in [0.2, 0.25) is 0 Å². The van der Waals surface area contributed by atoms with Gasteiger partial charge in [-0.3, -0.25) is 0 Å². The van der Waals surface area contributed by atoms with Gasteiger partial charge in [0.2, 0.25) is 0 Å². The van der Waals surface area contributed by atoms with Gasteiger partial charge in [-0.2, -0.15) is 0 Å². The summed E-state index contributed by atoms with van der Waals surface area (Å²) in [4.78, 5) is 0. The molecule has 0 spiro atoms. The monoisotopic (exact) mass is 194 g/mol. The van der Waals surface area contributed by atoms with Crippen LogP contribution < -0.4 is 0 Å². The molecule has 3 unspecified atom stereocenters. The largest absolute Gasteiger partial charge is 0.377 e. The summed E-state index contributed by atoms with van der Waals surface area (Å²) in [5.74, 6) is 3.04. The fraction of sp³-hybridized carbons (Fsp3) is 0.833. The van der Waals surface area contributed by atoms with Crippen LogP contribution >= 0.6 is 0 Å². The van der Waals surface area contributed by atoms with Gasteiger partial charge in [0.05, 0.1) is 0 Å². The van der Waals surface area contributed by atoms with E-state index in [4.69, 9.17) is 6.42 Å². The third-order valence-corrected chi connectivity index (χ3v) is 4.59. The maximum absolute atomic E-state index is 14.2. The first kappa shape index (κ1) is 8.73. The Kier molecular flexibility index (Phi) is 1.46. The zero-order valence-electron chi connectivity index (χ0n) is 8.17. The normalized spacial score (nSPS) is 59.9. The van der Waals surface area contributed by atoms with Crippen molar-refractivity contribution in [2.75, 3.05) is 0 Å². The number of halogens is 1. The minimum Gasteiger partial charge on any atom is -0.377 e. The van der Waals surface area contributed by atoms with E-state index in [1.165, 1.54) is 0 Å². The summed E-state index contributed by atoms with van der Waals surface area (Å²) in [7, 11) is 0. The van der Waals surface area contributed by atoms with Crippen molar-refractivity contribution in [1.29, 1.82) is 0 Å². The molecule has 0 saturated heterocycles. The van der Waals surface area contributed by atoms with Crippen LogP contribution in [0.5, 0.6) is 0 Å². The van der Waals surface area contributed by atoms with Crippen molar-refractivity contribution in [3.63, 3.8) is 0 Å². The summed E-state index contributed by atoms with van der Waals surface area (Å²) < 4.78 is 14.2. The van der Waals surface area contributed by atoms with Crippen molar-refractivity contribution in [2.24, 2.45) is 17.8 Å². The lowest BCUT2D eigenvalue weighted by atomic mass is 9.49. The van der Waals surface area contributed by atoms with Crippen LogP contribution in [0.3, 0.4) is 0 Å². The second-order valence-corrected chi connectivity index (χ2v) is 5.46. The van der Waals surface area contributed by atoms with Crippen molar-refractivity contribution in [3.8, 4) is 12.3 Å². The van der Waals surface area contributed by atoms with Crippen LogP contribution in [0.4, 0.5) is 4.39 Å². The molecule has 0 aromatic rings. The molecule has 4 fully saturated rings. The van der Waals surface area contributed by atoms with E-state index < -0.39 is 11.3 Å². The number of hydrogen-bond donors (Lipinski definition) is 1. The van der Waals surface area contributed by atoms with Crippen LogP contribution in [-0.2, 0) is 0 Å². The molecule has 0 aromatic carbocycles. The fourth-order valence-corrected chi connectivity index (χ4v) is 4.12. The highest BCUT2D eigenvalue weighted by atomic mass is 19.1. The molecule has 1 nitrogen and oxygen atoms in total. The van der Waals surface area contributed by atoms with E-state index in [0.717, 1.165) is 12.8 Å². The van der Waals surface area contributed by atoms with Gasteiger partial charge in [0.25, 0.3) is 0 Å². The standard InChI is InChI=1S/C12H15FO/c1-2-12(14)9-3-8-4-10(12)7-11(13,5-8)6-9/h1,8-10,14H,3-7H2/t8?,9-,10+,11?,12?. The molecule has 76 valence electrons. The lowest BCUT2D eigenvalue weighted by molar-refractivity contribution is -0.176. The van der Waals surface area contributed by atoms with E-state index in [-0.39, 0.29) is 11.8 Å². The van der Waals surface area contributed by atoms with Gasteiger partial charge in [-0.25, -0.2) is 4.39 Å². The Labute approximate surface area is 83.7 Å². The van der Waals surface area contributed by atoms with Gasteiger partial charge < -0.3 is 5.11 Å². The highest BCUT2D eigenvalue weighted by molar-refractivity contribution is 5.23. The summed E-state index contributed by atoms with van der Waals surface area (Å²) >= 11 is 0. The predicted molar refractivity (Wildman–Crippen MR) is 51.2 cm³/mol. The van der Waals surface area contributed by atoms with E-state index in [0.29, 0.717) is 25.2 Å². The lowest BCUT2D eigenvalue weighted by Crippen LogP contribution is -2.61. The maximum atomic E-state index is 14.2. The number of hydrogen-bond acceptors (Lipinski definition) is 1. The Morgan fingerprint density at radius 3 is 2.21 bits per heavy atom. The zero-order chi connectivity index (χ0) is 9.97. The third kappa shape index (κ3) is 0.892. The van der Waals surface area contributed by atoms with Gasteiger partial charge in [0.1, 0.15) is 11.3 Å². The Balaban J connectivity index is 2.01. The van der Waals surface area contributed by atoms with E-state index in [1.807, 2.05) is 0 Å². The van der Waals surface area contributed by atoms with Crippen LogP contribution in [0.1, 0.15) is 32.1 Å². The second-order valence-electron chi connectivity index (χ2n) is 5.46. The molecular formula is C12H15FO. The molecule has 0 heterocycles. The van der Waals surface area contributed by atoms with Crippen molar-refractivity contribution >= 4 is 0 Å². The van der Waals surface area contributed by atoms with E-state index in [9.17, 15) is 9.50 Å². The topological polar surface area (TPSA) is 20.2 Å². The van der Waals surface area contributed by atoms with Gasteiger partial charge >= 0.3 is 0 Å². The lowest BCUT2D eigenvalue weighted by Gasteiger charge is -2.59. The number of aliphatic hydroxyl groups is 1. The molecule has 0 aliphatic heterocycles. The fourth-order valence-electron chi connectivity index (χ4n) is 4.12. The van der Waals surface area contributed by atoms with Gasteiger partial charge in [0.15, 0.2) is 0 Å². The molecular weight excluding hydrogens is 179 g/mol. The molecule has 5 atom stereocenters. The molecule has 1 N–H and O–H groups in total. The van der Waals surface area contributed by atoms with Crippen LogP contribution in [-0.4, -0.2) is 16.4 Å². The quantitative estimate of drug-likeness (QED) is 0.584. The summed E-state index contributed by atoms with van der Waals surface area (Å²) in [5, 5.41) is 10.3. The van der Waals surface area contributed by atoms with Gasteiger partial charge in [-0.05, 0) is 38.0 Å². The first-order valence-electron chi connectivity index (χ1n) is 5.45. The first-order valence-corrected chi connectivity index (χ1v) is 5.45. The van der Waals surface area contributed by atoms with Crippen molar-refractivity contribution in [1.82, 2.24) is 0 Å². The smallest absolute Gasteiger partial charge is 0.131 e. The van der Waals surface area contributed by atoms with Crippen LogP contribution in [0, 0.1) is 30.1 Å². The molecule has 4 aliphatic rings. The molecule has 4 rings (SSSR count). The Morgan fingerprint density at radius 2 is 1.79 bits per heavy atom. The molecule has 14 heavy (non-hydrogen) atoms. The Bertz CT molecular complexity index is 301. The van der Waals surface area contributed by atoms with Crippen molar-refractivity contribution < 1.29 is 9.50 Å². The van der Waals surface area contributed by atoms with Crippen molar-refractivity contribution in [2.45, 2.75) is 43.4 Å². The van der Waals surface area contributed by atoms with Crippen LogP contribution in [0.25, 0.3) is 0 Å². The third-order valence-electron chi connectivity index (χ3n) is 4.59. The number of alkyl halides is 1. The average molecular weight is 194 g/mol. The zero-order valence-corrected chi connectivity index (χ0v) is 8.17. The Hall–Kier alpha value is -0.550. The number of rotatable bonds is 0. The van der Waals surface area contributed by atoms with Gasteiger partial charge in [-0.1, -0.05) is 5.92 Å². The first-order chi connectivity index (χ1) is 6.56. The predicted octanol–water partition coefficient (Wildman–Crippen LogP) is 1.90. The number of terminal acetylenes is 1. The summed E-state index contributed by atoms with van der Waals surface area (Å²) in [6.07, 6.45) is 8.96. The Morgan fingerprint density at radius 1 is 1.21 bits per heavy atom. The molecule has 4 bridgehead atoms. The summed E-state index contributed by atoms with van der Waals surface area (Å²) in [5.41, 5.74) is -1.99. The molecule has 2 heteroatoms. The van der Waals surface area contributed by atoms with Gasteiger partial charge in [-0.15, -0.1) is 6.42 Å². The highest BCUT2D eigenvalue weighted by Gasteiger charge is 2.61. The SMILES string of the molecule is C#CC1(O)[C@@H]2CC3C[C@H]1CC(F)(C3)C2. The van der Waals surface area contributed by atoms with Crippen molar-refractivity contribution in [3.05, 3.63) is 0 Å². The van der Waals surface area contributed by atoms with E-state index in [2.05, 4.69) is 5.92 Å². The highest BCUT2D eigenvalue weighted by Crippen LogP contribution is 2.60. The minimum absolute atomic E-state index is 0.0174. The molecule has 4 saturated carbocycles. The molecule has 4 aliphatic carbocycles. The van der Waals surface area contributed by atoms with E-state index in [1.54, 1.807) is 0 Å². The molecule has 0 amide bonds. The minimum atomic E-state index is -1.00. The van der Waals surface area contributed by atoms with Crippen LogP contribution in [0.15, 0.2) is 0 Å². The van der Waals surface area contributed by atoms with Gasteiger partial charge in [0, 0.05) is 11.8 Å². The second kappa shape index (κ2) is 2.33. The summed E-state index contributed by atoms with van der Waals surface area (Å²) in [6, 6.07) is 0.